The van der Waals surface area contributed by atoms with Gasteiger partial charge in [0, 0.05) is 30.8 Å². The van der Waals surface area contributed by atoms with Crippen LogP contribution >= 0.6 is 0 Å². The summed E-state index contributed by atoms with van der Waals surface area (Å²) in [5.74, 6) is 0.994. The summed E-state index contributed by atoms with van der Waals surface area (Å²) in [6, 6.07) is 7.92. The molecule has 0 fully saturated rings. The van der Waals surface area contributed by atoms with Gasteiger partial charge in [0.2, 0.25) is 0 Å². The van der Waals surface area contributed by atoms with Crippen molar-refractivity contribution < 1.29 is 5.21 Å². The minimum absolute atomic E-state index is 0.204. The van der Waals surface area contributed by atoms with Gasteiger partial charge in [0.25, 0.3) is 0 Å². The fraction of sp³-hybridized carbons (Fsp3) is 0.250. The molecule has 0 unspecified atom stereocenters. The molecule has 94 valence electrons. The van der Waals surface area contributed by atoms with Gasteiger partial charge in [-0.25, -0.2) is 0 Å². The molecule has 6 nitrogen and oxygen atoms in total. The van der Waals surface area contributed by atoms with E-state index in [2.05, 4.69) is 15.4 Å². The van der Waals surface area contributed by atoms with Gasteiger partial charge in [-0.15, -0.1) is 5.10 Å². The molecule has 6 heteroatoms. The van der Waals surface area contributed by atoms with Crippen molar-refractivity contribution in [2.45, 2.75) is 6.42 Å². The van der Waals surface area contributed by atoms with Crippen LogP contribution in [0.1, 0.15) is 6.42 Å². The average molecular weight is 245 g/mol. The molecule has 0 aliphatic carbocycles. The van der Waals surface area contributed by atoms with Gasteiger partial charge in [-0.3, -0.25) is 0 Å². The zero-order valence-corrected chi connectivity index (χ0v) is 10.1. The Morgan fingerprint density at radius 3 is 3.00 bits per heavy atom. The van der Waals surface area contributed by atoms with Crippen molar-refractivity contribution >= 4 is 22.4 Å². The summed E-state index contributed by atoms with van der Waals surface area (Å²) in [5, 5.41) is 21.7. The Bertz CT molecular complexity index is 564. The van der Waals surface area contributed by atoms with Crippen LogP contribution in [0.4, 0.5) is 5.82 Å². The van der Waals surface area contributed by atoms with Crippen molar-refractivity contribution in [3.8, 4) is 0 Å². The molecule has 3 N–H and O–H groups in total. The van der Waals surface area contributed by atoms with E-state index in [9.17, 15) is 0 Å². The van der Waals surface area contributed by atoms with Crippen molar-refractivity contribution in [2.24, 2.45) is 10.9 Å². The maximum atomic E-state index is 8.51. The Morgan fingerprint density at radius 1 is 1.44 bits per heavy atom. The third kappa shape index (κ3) is 2.48. The van der Waals surface area contributed by atoms with E-state index in [1.54, 1.807) is 6.20 Å². The second-order valence-corrected chi connectivity index (χ2v) is 4.02. The van der Waals surface area contributed by atoms with E-state index in [0.29, 0.717) is 13.0 Å². The van der Waals surface area contributed by atoms with Crippen molar-refractivity contribution in [1.82, 2.24) is 10.2 Å². The SMILES string of the molecule is CN(CC/C(N)=N/O)c1nncc2ccccc12. The number of fused-ring (bicyclic) bond motifs is 1. The van der Waals surface area contributed by atoms with Crippen molar-refractivity contribution in [1.29, 1.82) is 0 Å². The molecule has 1 aromatic carbocycles. The summed E-state index contributed by atoms with van der Waals surface area (Å²) in [6.45, 7) is 0.610. The van der Waals surface area contributed by atoms with Gasteiger partial charge in [0.15, 0.2) is 5.82 Å². The molecule has 0 saturated heterocycles. The Labute approximate surface area is 105 Å². The number of amidine groups is 1. The second-order valence-electron chi connectivity index (χ2n) is 4.02. The molecule has 1 heterocycles. The molecule has 0 atom stereocenters. The zero-order chi connectivity index (χ0) is 13.0. The maximum Gasteiger partial charge on any atom is 0.158 e. The first kappa shape index (κ1) is 12.1. The molecule has 0 spiro atoms. The lowest BCUT2D eigenvalue weighted by molar-refractivity contribution is 0.317. The summed E-state index contributed by atoms with van der Waals surface area (Å²) in [6.07, 6.45) is 2.20. The normalized spacial score (nSPS) is 11.7. The number of hydrogen-bond donors (Lipinski definition) is 2. The largest absolute Gasteiger partial charge is 0.409 e. The summed E-state index contributed by atoms with van der Waals surface area (Å²) in [4.78, 5) is 1.94. The number of anilines is 1. The van der Waals surface area contributed by atoms with Crippen LogP contribution in [0.15, 0.2) is 35.6 Å². The van der Waals surface area contributed by atoms with E-state index >= 15 is 0 Å². The monoisotopic (exact) mass is 245 g/mol. The molecule has 0 amide bonds. The third-order valence-electron chi connectivity index (χ3n) is 2.74. The third-order valence-corrected chi connectivity index (χ3v) is 2.74. The summed E-state index contributed by atoms with van der Waals surface area (Å²) < 4.78 is 0. The van der Waals surface area contributed by atoms with Crippen LogP contribution in [0.25, 0.3) is 10.8 Å². The number of hydrogen-bond acceptors (Lipinski definition) is 5. The van der Waals surface area contributed by atoms with Crippen LogP contribution in [0.2, 0.25) is 0 Å². The zero-order valence-electron chi connectivity index (χ0n) is 10.1. The quantitative estimate of drug-likeness (QED) is 0.366. The Balaban J connectivity index is 2.25. The van der Waals surface area contributed by atoms with E-state index < -0.39 is 0 Å². The highest BCUT2D eigenvalue weighted by atomic mass is 16.4. The minimum Gasteiger partial charge on any atom is -0.409 e. The number of oxime groups is 1. The molecule has 0 saturated carbocycles. The molecule has 0 radical (unpaired) electrons. The number of aromatic nitrogens is 2. The van der Waals surface area contributed by atoms with Crippen LogP contribution < -0.4 is 10.6 Å². The van der Waals surface area contributed by atoms with E-state index in [4.69, 9.17) is 10.9 Å². The fourth-order valence-corrected chi connectivity index (χ4v) is 1.73. The highest BCUT2D eigenvalue weighted by Gasteiger charge is 2.08. The first-order valence-electron chi connectivity index (χ1n) is 5.60. The molecular formula is C12H15N5O. The number of rotatable bonds is 4. The molecule has 2 rings (SSSR count). The number of nitrogens with zero attached hydrogens (tertiary/aromatic N) is 4. The van der Waals surface area contributed by atoms with E-state index in [1.807, 2.05) is 36.2 Å². The standard InChI is InChI=1S/C12H15N5O/c1-17(7-6-11(13)16-18)12-10-5-3-2-4-9(10)8-14-15-12/h2-5,8,18H,6-7H2,1H3,(H2,13,16). The van der Waals surface area contributed by atoms with Crippen LogP contribution in [0.3, 0.4) is 0 Å². The highest BCUT2D eigenvalue weighted by Crippen LogP contribution is 2.21. The van der Waals surface area contributed by atoms with E-state index in [0.717, 1.165) is 16.6 Å². The Hall–Kier alpha value is -2.37. The molecule has 0 aliphatic heterocycles. The lowest BCUT2D eigenvalue weighted by atomic mass is 10.2. The van der Waals surface area contributed by atoms with Gasteiger partial charge in [-0.2, -0.15) is 5.10 Å². The van der Waals surface area contributed by atoms with Gasteiger partial charge in [0.1, 0.15) is 5.84 Å². The second kappa shape index (κ2) is 5.31. The topological polar surface area (TPSA) is 87.6 Å². The molecular weight excluding hydrogens is 230 g/mol. The number of nitrogens with two attached hydrogens (primary N) is 1. The van der Waals surface area contributed by atoms with Gasteiger partial charge in [0.05, 0.1) is 6.20 Å². The van der Waals surface area contributed by atoms with E-state index in [1.165, 1.54) is 0 Å². The molecule has 18 heavy (non-hydrogen) atoms. The van der Waals surface area contributed by atoms with Crippen LogP contribution in [-0.4, -0.2) is 34.8 Å². The molecule has 1 aromatic heterocycles. The van der Waals surface area contributed by atoms with Gasteiger partial charge in [-0.05, 0) is 0 Å². The summed E-state index contributed by atoms with van der Waals surface area (Å²) >= 11 is 0. The Kier molecular flexibility index (Phi) is 3.57. The van der Waals surface area contributed by atoms with Gasteiger partial charge < -0.3 is 15.8 Å². The smallest absolute Gasteiger partial charge is 0.158 e. The fourth-order valence-electron chi connectivity index (χ4n) is 1.73. The van der Waals surface area contributed by atoms with Crippen molar-refractivity contribution in [3.05, 3.63) is 30.5 Å². The van der Waals surface area contributed by atoms with Crippen LogP contribution in [0, 0.1) is 0 Å². The van der Waals surface area contributed by atoms with E-state index in [-0.39, 0.29) is 5.84 Å². The Morgan fingerprint density at radius 2 is 2.22 bits per heavy atom. The van der Waals surface area contributed by atoms with Gasteiger partial charge in [-0.1, -0.05) is 29.4 Å². The molecule has 0 aliphatic rings. The molecule has 2 aromatic rings. The summed E-state index contributed by atoms with van der Waals surface area (Å²) in [7, 11) is 1.90. The minimum atomic E-state index is 0.204. The van der Waals surface area contributed by atoms with Crippen LogP contribution in [0.5, 0.6) is 0 Å². The van der Waals surface area contributed by atoms with Gasteiger partial charge >= 0.3 is 0 Å². The number of benzene rings is 1. The predicted molar refractivity (Wildman–Crippen MR) is 70.8 cm³/mol. The summed E-state index contributed by atoms with van der Waals surface area (Å²) in [5.41, 5.74) is 5.45. The highest BCUT2D eigenvalue weighted by molar-refractivity contribution is 5.91. The van der Waals surface area contributed by atoms with Crippen molar-refractivity contribution in [2.75, 3.05) is 18.5 Å². The molecule has 0 bridgehead atoms. The first-order chi connectivity index (χ1) is 8.72. The first-order valence-corrected chi connectivity index (χ1v) is 5.60. The van der Waals surface area contributed by atoms with Crippen molar-refractivity contribution in [3.63, 3.8) is 0 Å². The lowest BCUT2D eigenvalue weighted by Gasteiger charge is -2.18. The predicted octanol–water partition coefficient (Wildman–Crippen LogP) is 1.20. The lowest BCUT2D eigenvalue weighted by Crippen LogP contribution is -2.25. The van der Waals surface area contributed by atoms with Crippen LogP contribution in [-0.2, 0) is 0 Å². The maximum absolute atomic E-state index is 8.51. The average Bonchev–Trinajstić information content (AvgIpc) is 2.43.